The lowest BCUT2D eigenvalue weighted by atomic mass is 9.98. The van der Waals surface area contributed by atoms with Gasteiger partial charge in [-0.3, -0.25) is 4.79 Å². The smallest absolute Gasteiger partial charge is 0.252 e. The number of hydrogen-bond donors (Lipinski definition) is 0. The van der Waals surface area contributed by atoms with E-state index in [0.717, 1.165) is 34.0 Å². The van der Waals surface area contributed by atoms with E-state index in [9.17, 15) is 10.1 Å². The summed E-state index contributed by atoms with van der Waals surface area (Å²) in [6.07, 6.45) is 2.16. The van der Waals surface area contributed by atoms with Crippen molar-refractivity contribution < 1.29 is 9.53 Å². The first-order valence-corrected chi connectivity index (χ1v) is 10.6. The van der Waals surface area contributed by atoms with E-state index in [1.807, 2.05) is 43.5 Å². The van der Waals surface area contributed by atoms with Gasteiger partial charge in [0.15, 0.2) is 11.7 Å². The molecule has 0 aliphatic heterocycles. The minimum atomic E-state index is -0.888. The summed E-state index contributed by atoms with van der Waals surface area (Å²) in [7, 11) is 1.61. The molecule has 0 spiro atoms. The number of ketones is 1. The molecule has 3 heterocycles. The van der Waals surface area contributed by atoms with Crippen molar-refractivity contribution in [1.82, 2.24) is 24.6 Å². The van der Waals surface area contributed by atoms with Crippen molar-refractivity contribution in [2.75, 3.05) is 7.11 Å². The van der Waals surface area contributed by atoms with Crippen LogP contribution in [0.4, 0.5) is 0 Å². The molecule has 1 aromatic carbocycles. The monoisotopic (exact) mass is 432 g/mol. The predicted molar refractivity (Wildman–Crippen MR) is 116 cm³/mol. The minimum Gasteiger partial charge on any atom is -0.497 e. The first kappa shape index (κ1) is 20.6. The first-order valence-electron chi connectivity index (χ1n) is 9.69. The molecular weight excluding hydrogens is 412 g/mol. The normalized spacial score (nSPS) is 11.9. The second-order valence-corrected chi connectivity index (χ2v) is 7.95. The van der Waals surface area contributed by atoms with E-state index < -0.39 is 5.92 Å². The van der Waals surface area contributed by atoms with Gasteiger partial charge in [0, 0.05) is 28.8 Å². The number of benzene rings is 1. The lowest BCUT2D eigenvalue weighted by molar-refractivity contribution is -0.119. The number of aryl methyl sites for hydroxylation is 2. The quantitative estimate of drug-likeness (QED) is 0.438. The molecule has 156 valence electrons. The lowest BCUT2D eigenvalue weighted by Crippen LogP contribution is -2.13. The number of methoxy groups -OCH3 is 1. The van der Waals surface area contributed by atoms with Crippen LogP contribution in [0.3, 0.4) is 0 Å². The number of fused-ring (bicyclic) bond motifs is 1. The van der Waals surface area contributed by atoms with Crippen LogP contribution in [-0.4, -0.2) is 37.5 Å². The molecule has 8 nitrogen and oxygen atoms in total. The van der Waals surface area contributed by atoms with Crippen molar-refractivity contribution >= 4 is 22.9 Å². The highest BCUT2D eigenvalue weighted by Gasteiger charge is 2.24. The van der Waals surface area contributed by atoms with Crippen LogP contribution >= 0.6 is 11.3 Å². The maximum atomic E-state index is 12.9. The Morgan fingerprint density at radius 3 is 2.74 bits per heavy atom. The number of nitriles is 1. The van der Waals surface area contributed by atoms with Gasteiger partial charge in [-0.05, 0) is 50.1 Å². The number of aromatic nitrogens is 5. The number of carbonyl (C=O) groups is 1. The fraction of sp³-hybridized carbons (Fsp3) is 0.273. The fourth-order valence-corrected chi connectivity index (χ4v) is 4.38. The van der Waals surface area contributed by atoms with Crippen LogP contribution in [0.1, 0.15) is 34.3 Å². The molecule has 0 N–H and O–H groups in total. The largest absolute Gasteiger partial charge is 0.497 e. The maximum absolute atomic E-state index is 12.9. The van der Waals surface area contributed by atoms with E-state index in [2.05, 4.69) is 26.1 Å². The average molecular weight is 433 g/mol. The van der Waals surface area contributed by atoms with E-state index >= 15 is 0 Å². The van der Waals surface area contributed by atoms with E-state index in [-0.39, 0.29) is 12.2 Å². The molecule has 3 aromatic heterocycles. The number of carbonyl (C=O) groups excluding carboxylic acids is 1. The van der Waals surface area contributed by atoms with E-state index in [1.165, 1.54) is 17.7 Å². The Kier molecular flexibility index (Phi) is 5.73. The second-order valence-electron chi connectivity index (χ2n) is 7.06. The molecule has 0 radical (unpaired) electrons. The number of Topliss-reactive ketones (excluding diaryl/α,β-unsaturated/α-hetero) is 1. The highest BCUT2D eigenvalue weighted by molar-refractivity contribution is 7.10. The molecular formula is C22H20N6O2S. The van der Waals surface area contributed by atoms with Crippen molar-refractivity contribution in [3.8, 4) is 23.1 Å². The zero-order valence-electron chi connectivity index (χ0n) is 17.4. The molecule has 0 saturated carbocycles. The van der Waals surface area contributed by atoms with Gasteiger partial charge in [0.2, 0.25) is 0 Å². The summed E-state index contributed by atoms with van der Waals surface area (Å²) in [6, 6.07) is 9.64. The van der Waals surface area contributed by atoms with Crippen LogP contribution in [0.5, 0.6) is 5.75 Å². The van der Waals surface area contributed by atoms with Gasteiger partial charge in [0.05, 0.1) is 18.9 Å². The van der Waals surface area contributed by atoms with Crippen molar-refractivity contribution in [3.63, 3.8) is 0 Å². The molecule has 0 aliphatic rings. The number of hydrogen-bond acceptors (Lipinski definition) is 8. The van der Waals surface area contributed by atoms with Crippen LogP contribution in [0.2, 0.25) is 0 Å². The SMILES string of the molecule is COc1ccc(-c2csc(C(C#N)C(=O)CCc3c(C)nc4ncnn4c3C)n2)cc1. The Labute approximate surface area is 183 Å². The zero-order valence-corrected chi connectivity index (χ0v) is 18.2. The summed E-state index contributed by atoms with van der Waals surface area (Å²) in [5.41, 5.74) is 4.31. The van der Waals surface area contributed by atoms with Gasteiger partial charge >= 0.3 is 0 Å². The van der Waals surface area contributed by atoms with E-state index in [0.29, 0.717) is 17.2 Å². The highest BCUT2D eigenvalue weighted by atomic mass is 32.1. The van der Waals surface area contributed by atoms with Crippen LogP contribution in [0, 0.1) is 25.2 Å². The molecule has 0 fully saturated rings. The summed E-state index contributed by atoms with van der Waals surface area (Å²) in [5, 5.41) is 16.2. The topological polar surface area (TPSA) is 106 Å². The molecule has 4 rings (SSSR count). The van der Waals surface area contributed by atoms with Gasteiger partial charge < -0.3 is 4.74 Å². The van der Waals surface area contributed by atoms with Gasteiger partial charge in [-0.15, -0.1) is 11.3 Å². The van der Waals surface area contributed by atoms with Crippen molar-refractivity contribution in [3.05, 3.63) is 57.9 Å². The fourth-order valence-electron chi connectivity index (χ4n) is 3.49. The third kappa shape index (κ3) is 4.02. The Morgan fingerprint density at radius 1 is 1.26 bits per heavy atom. The number of nitrogens with zero attached hydrogens (tertiary/aromatic N) is 6. The standard InChI is InChI=1S/C22H20N6O2S/c1-13-17(14(2)28-22(26-13)24-12-25-28)8-9-20(29)18(10-23)21-27-19(11-31-21)15-4-6-16(30-3)7-5-15/h4-7,11-12,18H,8-9H2,1-3H3. The number of ether oxygens (including phenoxy) is 1. The van der Waals surface area contributed by atoms with Gasteiger partial charge in [-0.25, -0.2) is 14.5 Å². The average Bonchev–Trinajstić information content (AvgIpc) is 3.44. The maximum Gasteiger partial charge on any atom is 0.252 e. The molecule has 1 atom stereocenters. The van der Waals surface area contributed by atoms with Crippen LogP contribution in [0.25, 0.3) is 17.0 Å². The summed E-state index contributed by atoms with van der Waals surface area (Å²) >= 11 is 1.33. The van der Waals surface area contributed by atoms with Crippen LogP contribution in [-0.2, 0) is 11.2 Å². The molecule has 0 amide bonds. The van der Waals surface area contributed by atoms with E-state index in [1.54, 1.807) is 11.6 Å². The van der Waals surface area contributed by atoms with Crippen LogP contribution < -0.4 is 4.74 Å². The first-order chi connectivity index (χ1) is 15.0. The minimum absolute atomic E-state index is 0.157. The van der Waals surface area contributed by atoms with Gasteiger partial charge in [0.1, 0.15) is 17.1 Å². The summed E-state index contributed by atoms with van der Waals surface area (Å²) < 4.78 is 6.84. The molecule has 0 bridgehead atoms. The van der Waals surface area contributed by atoms with Crippen LogP contribution in [0.15, 0.2) is 36.0 Å². The Bertz CT molecular complexity index is 1290. The van der Waals surface area contributed by atoms with Crippen molar-refractivity contribution in [2.45, 2.75) is 32.6 Å². The van der Waals surface area contributed by atoms with Crippen molar-refractivity contribution in [2.24, 2.45) is 0 Å². The Morgan fingerprint density at radius 2 is 2.03 bits per heavy atom. The van der Waals surface area contributed by atoms with Crippen molar-refractivity contribution in [1.29, 1.82) is 5.26 Å². The number of rotatable bonds is 7. The Balaban J connectivity index is 1.50. The van der Waals surface area contributed by atoms with Gasteiger partial charge in [-0.2, -0.15) is 15.3 Å². The summed E-state index contributed by atoms with van der Waals surface area (Å²) in [4.78, 5) is 26.0. The molecule has 31 heavy (non-hydrogen) atoms. The second kappa shape index (κ2) is 8.62. The third-order valence-electron chi connectivity index (χ3n) is 5.22. The molecule has 0 saturated heterocycles. The third-order valence-corrected chi connectivity index (χ3v) is 6.13. The summed E-state index contributed by atoms with van der Waals surface area (Å²) in [5.74, 6) is 0.249. The van der Waals surface area contributed by atoms with Gasteiger partial charge in [-0.1, -0.05) is 0 Å². The lowest BCUT2D eigenvalue weighted by Gasteiger charge is -2.11. The molecule has 9 heteroatoms. The van der Waals surface area contributed by atoms with Gasteiger partial charge in [0.25, 0.3) is 5.78 Å². The summed E-state index contributed by atoms with van der Waals surface area (Å²) in [6.45, 7) is 3.82. The predicted octanol–water partition coefficient (Wildman–Crippen LogP) is 3.68. The zero-order chi connectivity index (χ0) is 22.0. The molecule has 0 aliphatic carbocycles. The Hall–Kier alpha value is -3.64. The number of thiazole rings is 1. The molecule has 4 aromatic rings. The molecule has 1 unspecified atom stereocenters. The highest BCUT2D eigenvalue weighted by Crippen LogP contribution is 2.29. The van der Waals surface area contributed by atoms with E-state index in [4.69, 9.17) is 4.74 Å².